The Hall–Kier alpha value is -2.22. The van der Waals surface area contributed by atoms with Crippen LogP contribution in [0.4, 0.5) is 5.69 Å². The fraction of sp³-hybridized carbons (Fsp3) is 0.350. The minimum atomic E-state index is 0.00274. The van der Waals surface area contributed by atoms with Crippen LogP contribution in [0.2, 0.25) is 5.02 Å². The molecule has 1 aromatic carbocycles. The molecule has 2 atom stereocenters. The molecule has 6 nitrogen and oxygen atoms in total. The highest BCUT2D eigenvalue weighted by atomic mass is 35.5. The van der Waals surface area contributed by atoms with Gasteiger partial charge in [0.25, 0.3) is 5.91 Å². The number of thiophene rings is 1. The summed E-state index contributed by atoms with van der Waals surface area (Å²) < 4.78 is 1.63. The fourth-order valence-electron chi connectivity index (χ4n) is 4.24. The number of amides is 1. The SMILES string of the molecule is O=C(C[NH+]1CCc2sccc2[C@H]1C1CC1)Nc1cc(Cl)ccc1-n1cncn1. The van der Waals surface area contributed by atoms with Crippen LogP contribution in [0.5, 0.6) is 0 Å². The molecule has 2 aromatic heterocycles. The number of rotatable bonds is 5. The van der Waals surface area contributed by atoms with E-state index in [9.17, 15) is 4.79 Å². The molecule has 144 valence electrons. The van der Waals surface area contributed by atoms with Gasteiger partial charge in [-0.05, 0) is 42.5 Å². The van der Waals surface area contributed by atoms with E-state index in [1.165, 1.54) is 34.5 Å². The van der Waals surface area contributed by atoms with Gasteiger partial charge >= 0.3 is 0 Å². The number of benzene rings is 1. The van der Waals surface area contributed by atoms with Crippen LogP contribution in [0.25, 0.3) is 5.69 Å². The predicted molar refractivity (Wildman–Crippen MR) is 109 cm³/mol. The molecule has 28 heavy (non-hydrogen) atoms. The number of hydrogen-bond acceptors (Lipinski definition) is 4. The van der Waals surface area contributed by atoms with Gasteiger partial charge in [0.15, 0.2) is 6.54 Å². The van der Waals surface area contributed by atoms with E-state index < -0.39 is 0 Å². The van der Waals surface area contributed by atoms with E-state index in [2.05, 4.69) is 26.8 Å². The Morgan fingerprint density at radius 2 is 2.25 bits per heavy atom. The van der Waals surface area contributed by atoms with Crippen molar-refractivity contribution in [2.45, 2.75) is 25.3 Å². The molecule has 5 rings (SSSR count). The normalized spacial score (nSPS) is 21.3. The molecular formula is C20H21ClN5OS+. The maximum atomic E-state index is 12.9. The van der Waals surface area contributed by atoms with Gasteiger partial charge in [0.05, 0.1) is 17.9 Å². The summed E-state index contributed by atoms with van der Waals surface area (Å²) in [7, 11) is 0. The molecule has 0 radical (unpaired) electrons. The number of aromatic nitrogens is 3. The van der Waals surface area contributed by atoms with E-state index in [1.54, 1.807) is 23.1 Å². The number of quaternary nitrogens is 1. The van der Waals surface area contributed by atoms with Crippen molar-refractivity contribution in [1.29, 1.82) is 0 Å². The van der Waals surface area contributed by atoms with Crippen molar-refractivity contribution in [2.24, 2.45) is 5.92 Å². The van der Waals surface area contributed by atoms with E-state index >= 15 is 0 Å². The van der Waals surface area contributed by atoms with Crippen molar-refractivity contribution in [3.8, 4) is 5.69 Å². The first-order chi connectivity index (χ1) is 13.7. The molecule has 1 amide bonds. The third-order valence-corrected chi connectivity index (χ3v) is 6.84. The molecule has 1 unspecified atom stereocenters. The molecule has 1 aliphatic carbocycles. The summed E-state index contributed by atoms with van der Waals surface area (Å²) in [5, 5.41) is 9.99. The van der Waals surface area contributed by atoms with Crippen LogP contribution in [0.15, 0.2) is 42.3 Å². The molecule has 3 heterocycles. The van der Waals surface area contributed by atoms with E-state index in [-0.39, 0.29) is 5.91 Å². The van der Waals surface area contributed by atoms with E-state index in [0.29, 0.717) is 29.2 Å². The van der Waals surface area contributed by atoms with E-state index in [4.69, 9.17) is 11.6 Å². The van der Waals surface area contributed by atoms with Crippen molar-refractivity contribution in [2.75, 3.05) is 18.4 Å². The highest BCUT2D eigenvalue weighted by Gasteiger charge is 2.43. The zero-order valence-electron chi connectivity index (χ0n) is 15.3. The topological polar surface area (TPSA) is 64.2 Å². The average molecular weight is 415 g/mol. The zero-order valence-corrected chi connectivity index (χ0v) is 16.8. The molecule has 3 aromatic rings. The molecular weight excluding hydrogens is 394 g/mol. The van der Waals surface area contributed by atoms with Crippen LogP contribution in [-0.2, 0) is 11.2 Å². The number of nitrogens with one attached hydrogen (secondary N) is 2. The van der Waals surface area contributed by atoms with Crippen LogP contribution in [-0.4, -0.2) is 33.8 Å². The molecule has 2 aliphatic rings. The summed E-state index contributed by atoms with van der Waals surface area (Å²) in [6.45, 7) is 1.47. The molecule has 1 saturated carbocycles. The second-order valence-electron chi connectivity index (χ2n) is 7.50. The molecule has 0 bridgehead atoms. The second-order valence-corrected chi connectivity index (χ2v) is 8.94. The first-order valence-electron chi connectivity index (χ1n) is 9.54. The first kappa shape index (κ1) is 17.8. The standard InChI is InChI=1S/C20H20ClN5OS/c21-14-3-4-17(26-12-22-11-23-26)16(9-14)24-19(27)10-25-7-5-18-15(6-8-28-18)20(25)13-1-2-13/h3-4,6,8-9,11-13,20H,1-2,5,7,10H2,(H,24,27)/p+1/t20-/m1/s1. The number of anilines is 1. The minimum absolute atomic E-state index is 0.00274. The maximum absolute atomic E-state index is 12.9. The van der Waals surface area contributed by atoms with E-state index in [1.807, 2.05) is 17.4 Å². The van der Waals surface area contributed by atoms with Crippen LogP contribution in [0, 0.1) is 5.92 Å². The Morgan fingerprint density at radius 1 is 1.36 bits per heavy atom. The van der Waals surface area contributed by atoms with Crippen LogP contribution < -0.4 is 10.2 Å². The van der Waals surface area contributed by atoms with Crippen LogP contribution >= 0.6 is 22.9 Å². The lowest BCUT2D eigenvalue weighted by Gasteiger charge is -2.32. The summed E-state index contributed by atoms with van der Waals surface area (Å²) in [6, 6.07) is 8.10. The van der Waals surface area contributed by atoms with Gasteiger partial charge in [-0.1, -0.05) is 11.6 Å². The Morgan fingerprint density at radius 3 is 3.04 bits per heavy atom. The number of fused-ring (bicyclic) bond motifs is 1. The van der Waals surface area contributed by atoms with Gasteiger partial charge in [-0.2, -0.15) is 5.10 Å². The highest BCUT2D eigenvalue weighted by molar-refractivity contribution is 7.10. The Kier molecular flexibility index (Phi) is 4.66. The Bertz CT molecular complexity index is 998. The first-order valence-corrected chi connectivity index (χ1v) is 10.8. The quantitative estimate of drug-likeness (QED) is 0.674. The number of carbonyl (C=O) groups excluding carboxylic acids is 1. The minimum Gasteiger partial charge on any atom is -0.320 e. The van der Waals surface area contributed by atoms with Crippen molar-refractivity contribution < 1.29 is 9.69 Å². The second kappa shape index (κ2) is 7.31. The molecule has 1 fully saturated rings. The van der Waals surface area contributed by atoms with Gasteiger partial charge in [-0.15, -0.1) is 11.3 Å². The van der Waals surface area contributed by atoms with Gasteiger partial charge in [-0.25, -0.2) is 9.67 Å². The molecule has 0 saturated heterocycles. The van der Waals surface area contributed by atoms with Crippen molar-refractivity contribution >= 4 is 34.5 Å². The highest BCUT2D eigenvalue weighted by Crippen LogP contribution is 2.42. The zero-order chi connectivity index (χ0) is 19.1. The van der Waals surface area contributed by atoms with Gasteiger partial charge in [0.2, 0.25) is 0 Å². The number of carbonyl (C=O) groups is 1. The summed E-state index contributed by atoms with van der Waals surface area (Å²) in [4.78, 5) is 19.8. The van der Waals surface area contributed by atoms with Crippen molar-refractivity contribution in [3.05, 3.63) is 57.8 Å². The van der Waals surface area contributed by atoms with Gasteiger partial charge in [0, 0.05) is 27.8 Å². The monoisotopic (exact) mass is 414 g/mol. The molecule has 8 heteroatoms. The Labute approximate surface area is 172 Å². The number of halogens is 1. The lowest BCUT2D eigenvalue weighted by Crippen LogP contribution is -3.14. The number of nitrogens with zero attached hydrogens (tertiary/aromatic N) is 3. The molecule has 0 spiro atoms. The summed E-state index contributed by atoms with van der Waals surface area (Å²) in [5.74, 6) is 0.719. The number of hydrogen-bond donors (Lipinski definition) is 2. The largest absolute Gasteiger partial charge is 0.320 e. The van der Waals surface area contributed by atoms with E-state index in [0.717, 1.165) is 18.7 Å². The third kappa shape index (κ3) is 3.45. The lowest BCUT2D eigenvalue weighted by atomic mass is 9.96. The van der Waals surface area contributed by atoms with Gasteiger partial charge < -0.3 is 10.2 Å². The Balaban J connectivity index is 1.35. The van der Waals surface area contributed by atoms with Gasteiger partial charge in [0.1, 0.15) is 18.7 Å². The molecule has 2 N–H and O–H groups in total. The van der Waals surface area contributed by atoms with Crippen molar-refractivity contribution in [3.63, 3.8) is 0 Å². The van der Waals surface area contributed by atoms with Crippen LogP contribution in [0.1, 0.15) is 29.3 Å². The summed E-state index contributed by atoms with van der Waals surface area (Å²) in [5.41, 5.74) is 2.87. The average Bonchev–Trinajstić information content (AvgIpc) is 3.16. The lowest BCUT2D eigenvalue weighted by molar-refractivity contribution is -0.928. The fourth-order valence-corrected chi connectivity index (χ4v) is 5.34. The molecule has 1 aliphatic heterocycles. The third-order valence-electron chi connectivity index (χ3n) is 5.61. The smallest absolute Gasteiger partial charge is 0.279 e. The summed E-state index contributed by atoms with van der Waals surface area (Å²) >= 11 is 8.03. The predicted octanol–water partition coefficient (Wildman–Crippen LogP) is 2.51. The summed E-state index contributed by atoms with van der Waals surface area (Å²) in [6.07, 6.45) is 6.68. The van der Waals surface area contributed by atoms with Crippen LogP contribution in [0.3, 0.4) is 0 Å². The van der Waals surface area contributed by atoms with Gasteiger partial charge in [-0.3, -0.25) is 4.79 Å². The maximum Gasteiger partial charge on any atom is 0.279 e. The van der Waals surface area contributed by atoms with Crippen molar-refractivity contribution in [1.82, 2.24) is 14.8 Å².